The number of nitrogens with one attached hydrogen (secondary N) is 1. The lowest BCUT2D eigenvalue weighted by Crippen LogP contribution is -2.24. The average molecular weight is 230 g/mol. The Balaban J connectivity index is 1.98. The maximum atomic E-state index is 11.8. The van der Waals surface area contributed by atoms with Crippen LogP contribution in [0.15, 0.2) is 11.4 Å². The highest BCUT2D eigenvalue weighted by Gasteiger charge is 2.20. The van der Waals surface area contributed by atoms with Crippen LogP contribution < -0.4 is 5.32 Å². The molecule has 0 aliphatic carbocycles. The summed E-state index contributed by atoms with van der Waals surface area (Å²) in [5.74, 6) is 0.171. The molecule has 0 amide bonds. The topological polar surface area (TPSA) is 29.1 Å². The second-order valence-electron chi connectivity index (χ2n) is 3.52. The van der Waals surface area contributed by atoms with E-state index in [1.54, 1.807) is 6.07 Å². The first-order chi connectivity index (χ1) is 6.77. The fraction of sp³-hybridized carbons (Fsp3) is 0.500. The van der Waals surface area contributed by atoms with E-state index in [0.717, 1.165) is 13.0 Å². The van der Waals surface area contributed by atoms with E-state index in [9.17, 15) is 4.79 Å². The van der Waals surface area contributed by atoms with Gasteiger partial charge in [-0.15, -0.1) is 11.3 Å². The van der Waals surface area contributed by atoms with Crippen molar-refractivity contribution >= 4 is 28.7 Å². The number of ketones is 1. The first-order valence-corrected chi connectivity index (χ1v) is 6.02. The molecule has 1 N–H and O–H groups in total. The quantitative estimate of drug-likeness (QED) is 0.808. The predicted molar refractivity (Wildman–Crippen MR) is 59.3 cm³/mol. The van der Waals surface area contributed by atoms with E-state index in [1.165, 1.54) is 17.8 Å². The fourth-order valence-electron chi connectivity index (χ4n) is 1.74. The average Bonchev–Trinajstić information content (AvgIpc) is 2.75. The van der Waals surface area contributed by atoms with Crippen molar-refractivity contribution in [2.75, 3.05) is 6.54 Å². The molecule has 1 unspecified atom stereocenters. The van der Waals surface area contributed by atoms with Crippen LogP contribution in [0, 0.1) is 0 Å². The lowest BCUT2D eigenvalue weighted by Gasteiger charge is -2.07. The highest BCUT2D eigenvalue weighted by Crippen LogP contribution is 2.24. The molecular formula is C10H12ClNOS. The predicted octanol–water partition coefficient (Wildman–Crippen LogP) is 2.73. The third-order valence-corrected chi connectivity index (χ3v) is 3.85. The Morgan fingerprint density at radius 3 is 3.14 bits per heavy atom. The molecule has 1 fully saturated rings. The SMILES string of the molecule is O=C(CC1CCCN1)c1sccc1Cl. The van der Waals surface area contributed by atoms with Crippen molar-refractivity contribution in [3.8, 4) is 0 Å². The van der Waals surface area contributed by atoms with Gasteiger partial charge in [-0.2, -0.15) is 0 Å². The van der Waals surface area contributed by atoms with Crippen LogP contribution in [-0.2, 0) is 0 Å². The van der Waals surface area contributed by atoms with Gasteiger partial charge in [0.1, 0.15) is 0 Å². The van der Waals surface area contributed by atoms with E-state index < -0.39 is 0 Å². The van der Waals surface area contributed by atoms with Crippen LogP contribution in [0.5, 0.6) is 0 Å². The number of rotatable bonds is 3. The summed E-state index contributed by atoms with van der Waals surface area (Å²) in [5, 5.41) is 5.76. The maximum Gasteiger partial charge on any atom is 0.175 e. The molecule has 0 bridgehead atoms. The molecule has 1 aromatic rings. The summed E-state index contributed by atoms with van der Waals surface area (Å²) in [6.45, 7) is 1.04. The summed E-state index contributed by atoms with van der Waals surface area (Å²) in [6.07, 6.45) is 2.87. The van der Waals surface area contributed by atoms with Crippen molar-refractivity contribution in [1.29, 1.82) is 0 Å². The van der Waals surface area contributed by atoms with Gasteiger partial charge in [0.25, 0.3) is 0 Å². The number of hydrogen-bond donors (Lipinski definition) is 1. The largest absolute Gasteiger partial charge is 0.314 e. The summed E-state index contributed by atoms with van der Waals surface area (Å²) in [5.41, 5.74) is 0. The van der Waals surface area contributed by atoms with Gasteiger partial charge >= 0.3 is 0 Å². The van der Waals surface area contributed by atoms with Crippen LogP contribution in [0.1, 0.15) is 28.9 Å². The van der Waals surface area contributed by atoms with Gasteiger partial charge in [-0.3, -0.25) is 4.79 Å². The number of halogens is 1. The molecule has 0 spiro atoms. The van der Waals surface area contributed by atoms with Crippen LogP contribution in [-0.4, -0.2) is 18.4 Å². The van der Waals surface area contributed by atoms with E-state index in [-0.39, 0.29) is 5.78 Å². The summed E-state index contributed by atoms with van der Waals surface area (Å²) in [6, 6.07) is 2.14. The minimum absolute atomic E-state index is 0.171. The summed E-state index contributed by atoms with van der Waals surface area (Å²) in [7, 11) is 0. The molecule has 2 heterocycles. The van der Waals surface area contributed by atoms with Gasteiger partial charge in [-0.1, -0.05) is 11.6 Å². The highest BCUT2D eigenvalue weighted by atomic mass is 35.5. The standard InChI is InChI=1S/C10H12ClNOS/c11-8-3-5-14-10(8)9(13)6-7-2-1-4-12-7/h3,5,7,12H,1-2,4,6H2. The summed E-state index contributed by atoms with van der Waals surface area (Å²) < 4.78 is 0. The molecule has 4 heteroatoms. The third kappa shape index (κ3) is 2.16. The first-order valence-electron chi connectivity index (χ1n) is 4.77. The number of carbonyl (C=O) groups is 1. The molecule has 2 nitrogen and oxygen atoms in total. The normalized spacial score (nSPS) is 21.4. The van der Waals surface area contributed by atoms with Gasteiger partial charge in [0, 0.05) is 12.5 Å². The van der Waals surface area contributed by atoms with Crippen molar-refractivity contribution in [3.05, 3.63) is 21.3 Å². The molecule has 0 saturated carbocycles. The zero-order valence-corrected chi connectivity index (χ0v) is 9.33. The number of hydrogen-bond acceptors (Lipinski definition) is 3. The molecule has 1 aliphatic rings. The monoisotopic (exact) mass is 229 g/mol. The maximum absolute atomic E-state index is 11.8. The van der Waals surface area contributed by atoms with E-state index in [4.69, 9.17) is 11.6 Å². The molecule has 0 aromatic carbocycles. The molecule has 14 heavy (non-hydrogen) atoms. The van der Waals surface area contributed by atoms with Crippen LogP contribution in [0.3, 0.4) is 0 Å². The Morgan fingerprint density at radius 1 is 1.71 bits per heavy atom. The summed E-state index contributed by atoms with van der Waals surface area (Å²) >= 11 is 7.32. The molecular weight excluding hydrogens is 218 g/mol. The summed E-state index contributed by atoms with van der Waals surface area (Å²) in [4.78, 5) is 12.5. The minimum atomic E-state index is 0.171. The van der Waals surface area contributed by atoms with Gasteiger partial charge in [-0.25, -0.2) is 0 Å². The van der Waals surface area contributed by atoms with Gasteiger partial charge in [-0.05, 0) is 30.8 Å². The number of carbonyl (C=O) groups excluding carboxylic acids is 1. The minimum Gasteiger partial charge on any atom is -0.314 e. The molecule has 76 valence electrons. The Hall–Kier alpha value is -0.380. The first kappa shape index (κ1) is 10.1. The van der Waals surface area contributed by atoms with E-state index in [0.29, 0.717) is 22.4 Å². The van der Waals surface area contributed by atoms with Crippen LogP contribution in [0.25, 0.3) is 0 Å². The Kier molecular flexibility index (Phi) is 3.21. The van der Waals surface area contributed by atoms with Crippen molar-refractivity contribution < 1.29 is 4.79 Å². The second kappa shape index (κ2) is 4.43. The van der Waals surface area contributed by atoms with Crippen molar-refractivity contribution in [2.24, 2.45) is 0 Å². The van der Waals surface area contributed by atoms with Crippen molar-refractivity contribution in [1.82, 2.24) is 5.32 Å². The smallest absolute Gasteiger partial charge is 0.175 e. The van der Waals surface area contributed by atoms with E-state index >= 15 is 0 Å². The highest BCUT2D eigenvalue weighted by molar-refractivity contribution is 7.12. The zero-order chi connectivity index (χ0) is 9.97. The second-order valence-corrected chi connectivity index (χ2v) is 4.84. The molecule has 2 rings (SSSR count). The lowest BCUT2D eigenvalue weighted by molar-refractivity contribution is 0.0976. The Labute approximate surface area is 92.3 Å². The van der Waals surface area contributed by atoms with Gasteiger partial charge < -0.3 is 5.32 Å². The molecule has 1 atom stereocenters. The number of thiophene rings is 1. The fourth-order valence-corrected chi connectivity index (χ4v) is 2.85. The van der Waals surface area contributed by atoms with Crippen LogP contribution >= 0.6 is 22.9 Å². The lowest BCUT2D eigenvalue weighted by atomic mass is 10.1. The number of Topliss-reactive ketones (excluding diaryl/α,β-unsaturated/α-hetero) is 1. The molecule has 1 aliphatic heterocycles. The van der Waals surface area contributed by atoms with Gasteiger partial charge in [0.05, 0.1) is 9.90 Å². The van der Waals surface area contributed by atoms with Crippen molar-refractivity contribution in [2.45, 2.75) is 25.3 Å². The third-order valence-electron chi connectivity index (χ3n) is 2.46. The van der Waals surface area contributed by atoms with Gasteiger partial charge in [0.15, 0.2) is 5.78 Å². The Morgan fingerprint density at radius 2 is 2.57 bits per heavy atom. The van der Waals surface area contributed by atoms with Gasteiger partial charge in [0.2, 0.25) is 0 Å². The van der Waals surface area contributed by atoms with Crippen LogP contribution in [0.4, 0.5) is 0 Å². The Bertz CT molecular complexity index is 331. The van der Waals surface area contributed by atoms with Crippen molar-refractivity contribution in [3.63, 3.8) is 0 Å². The molecule has 1 saturated heterocycles. The molecule has 0 radical (unpaired) electrons. The van der Waals surface area contributed by atoms with E-state index in [1.807, 2.05) is 5.38 Å². The van der Waals surface area contributed by atoms with E-state index in [2.05, 4.69) is 5.32 Å². The van der Waals surface area contributed by atoms with Crippen LogP contribution in [0.2, 0.25) is 5.02 Å². The zero-order valence-electron chi connectivity index (χ0n) is 7.75. The molecule has 1 aromatic heterocycles.